The normalized spacial score (nSPS) is 29.0. The fourth-order valence-electron chi connectivity index (χ4n) is 10.7. The Bertz CT molecular complexity index is 1970. The van der Waals surface area contributed by atoms with Crippen LogP contribution in [0.4, 0.5) is 0 Å². The van der Waals surface area contributed by atoms with Crippen LogP contribution in [0.2, 0.25) is 0 Å². The molecule has 0 aromatic rings. The molecule has 12 N–H and O–H groups in total. The highest BCUT2D eigenvalue weighted by Gasteiger charge is 2.53. The van der Waals surface area contributed by atoms with Gasteiger partial charge >= 0.3 is 0 Å². The zero-order valence-electron chi connectivity index (χ0n) is 53.2. The smallest absolute Gasteiger partial charge is 0.220 e. The SMILES string of the molecule is CC/C=C\C/C=C\C/C=C\C/C=C\C/C=C\C/C=C\CCC(=O)NC(COC1OC(CO)C(OC2OC(CO)C(OC3OC(CO)C(O)C(O)C3O)C(O)C2O)C(O)C1O)C(O)/C=C/CC/C=C/CCCCCCCCCCCCCCCCCCCC. The van der Waals surface area contributed by atoms with Gasteiger partial charge in [0, 0.05) is 6.42 Å². The van der Waals surface area contributed by atoms with Crippen LogP contribution in [0, 0.1) is 0 Å². The molecule has 19 nitrogen and oxygen atoms in total. The number of carbonyl (C=O) groups is 1. The Balaban J connectivity index is 1.50. The Labute approximate surface area is 526 Å². The molecule has 0 spiro atoms. The van der Waals surface area contributed by atoms with E-state index in [1.165, 1.54) is 109 Å². The first-order valence-electron chi connectivity index (χ1n) is 33.5. The van der Waals surface area contributed by atoms with Crippen LogP contribution in [0.25, 0.3) is 0 Å². The number of aliphatic hydroxyl groups excluding tert-OH is 11. The predicted octanol–water partition coefficient (Wildman–Crippen LogP) is 8.10. The van der Waals surface area contributed by atoms with E-state index >= 15 is 0 Å². The van der Waals surface area contributed by atoms with Crippen molar-refractivity contribution < 1.29 is 89.4 Å². The topological polar surface area (TPSA) is 307 Å². The van der Waals surface area contributed by atoms with Gasteiger partial charge in [-0.1, -0.05) is 220 Å². The number of rotatable bonds is 49. The van der Waals surface area contributed by atoms with E-state index in [1.54, 1.807) is 6.08 Å². The summed E-state index contributed by atoms with van der Waals surface area (Å²) in [7, 11) is 0. The molecule has 17 atom stereocenters. The van der Waals surface area contributed by atoms with Gasteiger partial charge in [-0.15, -0.1) is 0 Å². The van der Waals surface area contributed by atoms with E-state index < -0.39 is 131 Å². The number of amides is 1. The van der Waals surface area contributed by atoms with Crippen molar-refractivity contribution in [3.05, 3.63) is 97.2 Å². The molecule has 506 valence electrons. The maximum Gasteiger partial charge on any atom is 0.220 e. The molecule has 1 amide bonds. The van der Waals surface area contributed by atoms with Crippen molar-refractivity contribution >= 4 is 5.91 Å². The second kappa shape index (κ2) is 50.3. The minimum absolute atomic E-state index is 0.105. The average molecular weight is 1250 g/mol. The highest BCUT2D eigenvalue weighted by atomic mass is 16.8. The summed E-state index contributed by atoms with van der Waals surface area (Å²) >= 11 is 0. The van der Waals surface area contributed by atoms with Crippen LogP contribution in [0.5, 0.6) is 0 Å². The molecule has 0 aliphatic carbocycles. The van der Waals surface area contributed by atoms with Crippen molar-refractivity contribution in [3.63, 3.8) is 0 Å². The highest BCUT2D eigenvalue weighted by molar-refractivity contribution is 5.76. The Morgan fingerprint density at radius 2 is 0.795 bits per heavy atom. The summed E-state index contributed by atoms with van der Waals surface area (Å²) in [4.78, 5) is 13.3. The third-order valence-electron chi connectivity index (χ3n) is 16.1. The molecule has 19 heteroatoms. The lowest BCUT2D eigenvalue weighted by Crippen LogP contribution is -2.66. The number of aliphatic hydroxyl groups is 11. The van der Waals surface area contributed by atoms with E-state index in [4.69, 9.17) is 28.4 Å². The van der Waals surface area contributed by atoms with Gasteiger partial charge in [0.05, 0.1) is 38.6 Å². The lowest BCUT2D eigenvalue weighted by atomic mass is 9.96. The van der Waals surface area contributed by atoms with Crippen LogP contribution < -0.4 is 5.32 Å². The quantitative estimate of drug-likeness (QED) is 0.0202. The lowest BCUT2D eigenvalue weighted by Gasteiger charge is -2.48. The molecule has 17 unspecified atom stereocenters. The predicted molar refractivity (Wildman–Crippen MR) is 341 cm³/mol. The lowest BCUT2D eigenvalue weighted by molar-refractivity contribution is -0.379. The van der Waals surface area contributed by atoms with E-state index in [0.29, 0.717) is 19.3 Å². The number of nitrogens with one attached hydrogen (secondary N) is 1. The first-order chi connectivity index (χ1) is 42.8. The van der Waals surface area contributed by atoms with Crippen molar-refractivity contribution in [2.75, 3.05) is 26.4 Å². The van der Waals surface area contributed by atoms with Gasteiger partial charge in [-0.3, -0.25) is 4.79 Å². The molecule has 3 rings (SSSR count). The third kappa shape index (κ3) is 32.3. The Hall–Kier alpha value is -3.29. The minimum atomic E-state index is -1.99. The van der Waals surface area contributed by atoms with Crippen LogP contribution in [-0.2, 0) is 33.2 Å². The number of ether oxygens (including phenoxy) is 6. The highest BCUT2D eigenvalue weighted by Crippen LogP contribution is 2.33. The molecule has 3 fully saturated rings. The summed E-state index contributed by atoms with van der Waals surface area (Å²) in [5.74, 6) is -0.370. The molecule has 3 aliphatic rings. The fraction of sp³-hybridized carbons (Fsp3) is 0.754. The van der Waals surface area contributed by atoms with Crippen LogP contribution in [0.15, 0.2) is 97.2 Å². The summed E-state index contributed by atoms with van der Waals surface area (Å²) in [6, 6.07) is -1.04. The van der Waals surface area contributed by atoms with Gasteiger partial charge in [-0.25, -0.2) is 0 Å². The maximum atomic E-state index is 13.3. The van der Waals surface area contributed by atoms with Gasteiger partial charge in [-0.2, -0.15) is 0 Å². The summed E-state index contributed by atoms with van der Waals surface area (Å²) in [6.45, 7) is 1.54. The molecule has 0 aromatic heterocycles. The third-order valence-corrected chi connectivity index (χ3v) is 16.1. The minimum Gasteiger partial charge on any atom is -0.394 e. The summed E-state index contributed by atoms with van der Waals surface area (Å²) in [6.07, 6.45) is 38.3. The van der Waals surface area contributed by atoms with E-state index in [9.17, 15) is 61.0 Å². The first-order valence-corrected chi connectivity index (χ1v) is 33.5. The van der Waals surface area contributed by atoms with Crippen molar-refractivity contribution in [3.8, 4) is 0 Å². The number of allylic oxidation sites excluding steroid dienone is 15. The standard InChI is InChI=1S/C69H117NO18/c1-3-5-7-9-11-13-15-17-19-21-23-24-25-26-27-29-30-32-34-36-38-40-42-44-46-53(74)52(70-57(75)47-45-43-41-39-37-35-33-31-28-22-20-18-16-14-12-10-8-6-4-2)51-83-67-63(81)60(78)65(55(49-72)85-67)88-69-64(82)61(79)66(56(50-73)86-69)87-68-62(80)59(77)58(76)54(48-71)84-68/h6,8,12,14,18,20,28,31,35-38,41,43-44,46,52-56,58-69,71-74,76-82H,3-5,7,9-11,13,15-17,19,21-27,29-30,32-34,39-40,42,45,47-51H2,1-2H3,(H,70,75)/b8-6-,14-12-,20-18-,31-28-,37-35-,38-36+,43-41-,46-44+. The van der Waals surface area contributed by atoms with Crippen LogP contribution in [0.3, 0.4) is 0 Å². The first kappa shape index (κ1) is 78.9. The number of carbonyl (C=O) groups excluding carboxylic acids is 1. The second-order valence-electron chi connectivity index (χ2n) is 23.5. The fourth-order valence-corrected chi connectivity index (χ4v) is 10.7. The van der Waals surface area contributed by atoms with Gasteiger partial charge in [0.2, 0.25) is 5.91 Å². The molecule has 88 heavy (non-hydrogen) atoms. The molecular weight excluding hydrogens is 1130 g/mol. The second-order valence-corrected chi connectivity index (χ2v) is 23.5. The Morgan fingerprint density at radius 3 is 1.26 bits per heavy atom. The van der Waals surface area contributed by atoms with Gasteiger partial charge in [0.25, 0.3) is 0 Å². The van der Waals surface area contributed by atoms with Gasteiger partial charge in [0.15, 0.2) is 18.9 Å². The number of unbranched alkanes of at least 4 members (excludes halogenated alkanes) is 19. The molecule has 3 aliphatic heterocycles. The Morgan fingerprint density at radius 1 is 0.420 bits per heavy atom. The molecule has 3 heterocycles. The molecule has 3 saturated heterocycles. The van der Waals surface area contributed by atoms with Gasteiger partial charge in [0.1, 0.15) is 73.2 Å². The zero-order chi connectivity index (χ0) is 64.0. The van der Waals surface area contributed by atoms with Crippen molar-refractivity contribution in [1.29, 1.82) is 0 Å². The van der Waals surface area contributed by atoms with E-state index in [-0.39, 0.29) is 12.3 Å². The van der Waals surface area contributed by atoms with Crippen LogP contribution >= 0.6 is 0 Å². The van der Waals surface area contributed by atoms with E-state index in [1.807, 2.05) is 18.2 Å². The van der Waals surface area contributed by atoms with Crippen LogP contribution in [-0.4, -0.2) is 193 Å². The molecule has 0 saturated carbocycles. The van der Waals surface area contributed by atoms with Crippen LogP contribution in [0.1, 0.15) is 200 Å². The Kier molecular flexibility index (Phi) is 45.1. The average Bonchev–Trinajstić information content (AvgIpc) is 3.71. The van der Waals surface area contributed by atoms with Gasteiger partial charge < -0.3 is 89.9 Å². The summed E-state index contributed by atoms with van der Waals surface area (Å²) in [5, 5.41) is 120. The monoisotopic (exact) mass is 1250 g/mol. The van der Waals surface area contributed by atoms with E-state index in [0.717, 1.165) is 51.4 Å². The molecule has 0 radical (unpaired) electrons. The summed E-state index contributed by atoms with van der Waals surface area (Å²) < 4.78 is 34.2. The maximum absolute atomic E-state index is 13.3. The van der Waals surface area contributed by atoms with Gasteiger partial charge in [-0.05, 0) is 70.6 Å². The number of hydrogen-bond donors (Lipinski definition) is 12. The van der Waals surface area contributed by atoms with Crippen molar-refractivity contribution in [2.24, 2.45) is 0 Å². The summed E-state index contributed by atoms with van der Waals surface area (Å²) in [5.41, 5.74) is 0. The molecular formula is C69H117NO18. The van der Waals surface area contributed by atoms with E-state index in [2.05, 4.69) is 92.1 Å². The van der Waals surface area contributed by atoms with Crippen molar-refractivity contribution in [1.82, 2.24) is 5.32 Å². The largest absolute Gasteiger partial charge is 0.394 e. The number of hydrogen-bond acceptors (Lipinski definition) is 18. The van der Waals surface area contributed by atoms with Crippen molar-refractivity contribution in [2.45, 2.75) is 304 Å². The zero-order valence-corrected chi connectivity index (χ0v) is 53.2. The molecule has 0 bridgehead atoms. The molecule has 0 aromatic carbocycles.